The van der Waals surface area contributed by atoms with Gasteiger partial charge >= 0.3 is 6.03 Å². The number of nitrogens with one attached hydrogen (secondary N) is 4. The molecule has 29 heavy (non-hydrogen) atoms. The van der Waals surface area contributed by atoms with Crippen LogP contribution in [0.2, 0.25) is 0 Å². The fourth-order valence-corrected chi connectivity index (χ4v) is 2.84. The summed E-state index contributed by atoms with van der Waals surface area (Å²) in [5, 5.41) is 15.0. The molecule has 1 heterocycles. The number of nitrogens with zero attached hydrogens (tertiary/aromatic N) is 1. The summed E-state index contributed by atoms with van der Waals surface area (Å²) in [5.41, 5.74) is 3.56. The quantitative estimate of drug-likeness (QED) is 0.434. The van der Waals surface area contributed by atoms with Crippen LogP contribution in [0.5, 0.6) is 0 Å². The molecule has 0 radical (unpaired) electrons. The number of carbonyl (C=O) groups excluding carboxylic acids is 2. The number of aldehydes is 1. The molecule has 2 aromatic carbocycles. The Morgan fingerprint density at radius 1 is 1.17 bits per heavy atom. The van der Waals surface area contributed by atoms with Gasteiger partial charge in [0.2, 0.25) is 0 Å². The summed E-state index contributed by atoms with van der Waals surface area (Å²) in [5.74, 6) is -0.277. The molecule has 0 fully saturated rings. The van der Waals surface area contributed by atoms with Crippen molar-refractivity contribution in [3.05, 3.63) is 71.3 Å². The molecule has 7 nitrogen and oxygen atoms in total. The number of amides is 2. The van der Waals surface area contributed by atoms with E-state index in [1.165, 1.54) is 18.3 Å². The van der Waals surface area contributed by atoms with E-state index in [9.17, 15) is 14.0 Å². The molecule has 0 atom stereocenters. The van der Waals surface area contributed by atoms with Crippen LogP contribution in [0, 0.1) is 5.82 Å². The highest BCUT2D eigenvalue weighted by atomic mass is 19.1. The Hall–Kier alpha value is -3.68. The third-order valence-corrected chi connectivity index (χ3v) is 4.33. The maximum atomic E-state index is 13.8. The summed E-state index contributed by atoms with van der Waals surface area (Å²) in [6.45, 7) is 4.24. The van der Waals surface area contributed by atoms with Gasteiger partial charge in [-0.15, -0.1) is 0 Å². The number of hydrogen-bond donors (Lipinski definition) is 4. The second kappa shape index (κ2) is 9.01. The Morgan fingerprint density at radius 3 is 2.66 bits per heavy atom. The normalized spacial score (nSPS) is 10.6. The molecule has 3 rings (SSSR count). The van der Waals surface area contributed by atoms with Crippen molar-refractivity contribution in [3.63, 3.8) is 0 Å². The van der Waals surface area contributed by atoms with Crippen molar-refractivity contribution in [2.45, 2.75) is 26.3 Å². The molecule has 150 valence electrons. The summed E-state index contributed by atoms with van der Waals surface area (Å²) >= 11 is 0. The molecular weight excluding hydrogens is 373 g/mol. The lowest BCUT2D eigenvalue weighted by atomic mass is 10.0. The molecule has 0 aliphatic rings. The Labute approximate surface area is 167 Å². The molecule has 0 bridgehead atoms. The Bertz CT molecular complexity index is 1020. The zero-order chi connectivity index (χ0) is 20.8. The first-order valence-corrected chi connectivity index (χ1v) is 9.15. The number of H-pyrrole nitrogens is 1. The fraction of sp³-hybridized carbons (Fsp3) is 0.190. The lowest BCUT2D eigenvalue weighted by molar-refractivity contribution is 0.111. The van der Waals surface area contributed by atoms with Gasteiger partial charge in [-0.05, 0) is 47.4 Å². The molecule has 2 amide bonds. The topological polar surface area (TPSA) is 98.9 Å². The number of aromatic nitrogens is 2. The predicted octanol–water partition coefficient (Wildman–Crippen LogP) is 4.74. The average Bonchev–Trinajstić information content (AvgIpc) is 3.15. The van der Waals surface area contributed by atoms with Gasteiger partial charge in [-0.25, -0.2) is 9.18 Å². The van der Waals surface area contributed by atoms with E-state index in [1.807, 2.05) is 32.0 Å². The number of rotatable bonds is 7. The molecule has 0 saturated heterocycles. The molecule has 0 unspecified atom stereocenters. The molecule has 0 saturated carbocycles. The monoisotopic (exact) mass is 395 g/mol. The molecule has 0 aliphatic heterocycles. The van der Waals surface area contributed by atoms with E-state index in [0.29, 0.717) is 41.2 Å². The SMILES string of the molecule is CC(C)c1cc(NC(=O)Nc2cccc(CNc3cn[nH]c3C=O)c2)ccc1F. The number of halogens is 1. The van der Waals surface area contributed by atoms with Crippen LogP contribution in [-0.4, -0.2) is 22.5 Å². The molecule has 8 heteroatoms. The maximum absolute atomic E-state index is 13.8. The van der Waals surface area contributed by atoms with E-state index in [-0.39, 0.29) is 11.7 Å². The van der Waals surface area contributed by atoms with Crippen LogP contribution in [0.15, 0.2) is 48.7 Å². The van der Waals surface area contributed by atoms with Gasteiger partial charge in [0.25, 0.3) is 0 Å². The second-order valence-electron chi connectivity index (χ2n) is 6.84. The van der Waals surface area contributed by atoms with Gasteiger partial charge in [0.15, 0.2) is 6.29 Å². The van der Waals surface area contributed by atoms with Gasteiger partial charge in [0, 0.05) is 17.9 Å². The second-order valence-corrected chi connectivity index (χ2v) is 6.84. The molecule has 4 N–H and O–H groups in total. The minimum atomic E-state index is -0.422. The molecular formula is C21H22FN5O2. The van der Waals surface area contributed by atoms with Gasteiger partial charge < -0.3 is 16.0 Å². The smallest absolute Gasteiger partial charge is 0.323 e. The van der Waals surface area contributed by atoms with Crippen molar-refractivity contribution in [1.82, 2.24) is 10.2 Å². The van der Waals surface area contributed by atoms with E-state index in [0.717, 1.165) is 5.56 Å². The molecule has 3 aromatic rings. The summed E-state index contributed by atoms with van der Waals surface area (Å²) in [7, 11) is 0. The number of aromatic amines is 1. The summed E-state index contributed by atoms with van der Waals surface area (Å²) < 4.78 is 13.8. The van der Waals surface area contributed by atoms with Gasteiger partial charge in [-0.1, -0.05) is 26.0 Å². The van der Waals surface area contributed by atoms with Crippen LogP contribution in [0.1, 0.15) is 41.4 Å². The third-order valence-electron chi connectivity index (χ3n) is 4.33. The Balaban J connectivity index is 1.61. The Morgan fingerprint density at radius 2 is 1.93 bits per heavy atom. The van der Waals surface area contributed by atoms with Gasteiger partial charge in [-0.2, -0.15) is 5.10 Å². The summed E-state index contributed by atoms with van der Waals surface area (Å²) in [6, 6.07) is 11.4. The van der Waals surface area contributed by atoms with Gasteiger partial charge in [-0.3, -0.25) is 9.89 Å². The molecule has 0 spiro atoms. The van der Waals surface area contributed by atoms with Crippen LogP contribution in [-0.2, 0) is 6.54 Å². The number of anilines is 3. The third kappa shape index (κ3) is 5.19. The van der Waals surface area contributed by atoms with E-state index in [2.05, 4.69) is 26.1 Å². The van der Waals surface area contributed by atoms with E-state index in [1.54, 1.807) is 12.1 Å². The standard InChI is InChI=1S/C21H22FN5O2/c1-13(2)17-9-16(6-7-18(17)22)26-21(29)25-15-5-3-4-14(8-15)10-23-19-11-24-27-20(19)12-28/h3-9,11-13,23H,10H2,1-2H3,(H,24,27)(H2,25,26,29). The number of carbonyl (C=O) groups is 2. The van der Waals surface area contributed by atoms with Crippen LogP contribution in [0.25, 0.3) is 0 Å². The minimum Gasteiger partial charge on any atom is -0.378 e. The minimum absolute atomic E-state index is 0.0129. The largest absolute Gasteiger partial charge is 0.378 e. The number of hydrogen-bond acceptors (Lipinski definition) is 4. The first kappa shape index (κ1) is 20.1. The highest BCUT2D eigenvalue weighted by Gasteiger charge is 2.10. The maximum Gasteiger partial charge on any atom is 0.323 e. The Kier molecular flexibility index (Phi) is 6.23. The van der Waals surface area contributed by atoms with Crippen molar-refractivity contribution in [1.29, 1.82) is 0 Å². The van der Waals surface area contributed by atoms with Crippen molar-refractivity contribution in [3.8, 4) is 0 Å². The van der Waals surface area contributed by atoms with E-state index in [4.69, 9.17) is 0 Å². The number of urea groups is 1. The fourth-order valence-electron chi connectivity index (χ4n) is 2.84. The summed E-state index contributed by atoms with van der Waals surface area (Å²) in [6.07, 6.45) is 2.23. The van der Waals surface area contributed by atoms with Crippen LogP contribution >= 0.6 is 0 Å². The van der Waals surface area contributed by atoms with E-state index < -0.39 is 6.03 Å². The zero-order valence-electron chi connectivity index (χ0n) is 16.1. The average molecular weight is 395 g/mol. The van der Waals surface area contributed by atoms with Crippen LogP contribution in [0.3, 0.4) is 0 Å². The lowest BCUT2D eigenvalue weighted by Gasteiger charge is -2.12. The van der Waals surface area contributed by atoms with Gasteiger partial charge in [0.05, 0.1) is 11.9 Å². The summed E-state index contributed by atoms with van der Waals surface area (Å²) in [4.78, 5) is 23.2. The number of benzene rings is 2. The van der Waals surface area contributed by atoms with Crippen LogP contribution < -0.4 is 16.0 Å². The first-order chi connectivity index (χ1) is 14.0. The van der Waals surface area contributed by atoms with Crippen molar-refractivity contribution >= 4 is 29.4 Å². The van der Waals surface area contributed by atoms with Crippen LogP contribution in [0.4, 0.5) is 26.2 Å². The van der Waals surface area contributed by atoms with Crippen molar-refractivity contribution in [2.75, 3.05) is 16.0 Å². The van der Waals surface area contributed by atoms with Crippen molar-refractivity contribution < 1.29 is 14.0 Å². The van der Waals surface area contributed by atoms with Crippen molar-refractivity contribution in [2.24, 2.45) is 0 Å². The lowest BCUT2D eigenvalue weighted by Crippen LogP contribution is -2.19. The van der Waals surface area contributed by atoms with E-state index >= 15 is 0 Å². The predicted molar refractivity (Wildman–Crippen MR) is 111 cm³/mol. The molecule has 0 aliphatic carbocycles. The van der Waals surface area contributed by atoms with Gasteiger partial charge in [0.1, 0.15) is 11.5 Å². The highest BCUT2D eigenvalue weighted by Crippen LogP contribution is 2.22. The molecule has 1 aromatic heterocycles. The first-order valence-electron chi connectivity index (χ1n) is 9.15. The highest BCUT2D eigenvalue weighted by molar-refractivity contribution is 5.99. The zero-order valence-corrected chi connectivity index (χ0v) is 16.1.